The number of nitrogens with one attached hydrogen (secondary N) is 1. The number of hydrogen-bond donors (Lipinski definition) is 1. The van der Waals surface area contributed by atoms with Crippen LogP contribution >= 0.6 is 11.3 Å². The molecule has 1 fully saturated rings. The van der Waals surface area contributed by atoms with Crippen molar-refractivity contribution < 1.29 is 8.42 Å². The lowest BCUT2D eigenvalue weighted by Crippen LogP contribution is -1.99. The molecule has 19 heavy (non-hydrogen) atoms. The molecule has 100 valence electrons. The second kappa shape index (κ2) is 4.61. The van der Waals surface area contributed by atoms with Crippen LogP contribution in [-0.2, 0) is 9.84 Å². The molecule has 1 heterocycles. The van der Waals surface area contributed by atoms with Crippen LogP contribution in [0.3, 0.4) is 0 Å². The molecule has 0 amide bonds. The minimum absolute atomic E-state index is 0.336. The molecule has 0 unspecified atom stereocenters. The Balaban J connectivity index is 1.83. The van der Waals surface area contributed by atoms with Gasteiger partial charge in [-0.2, -0.15) is 0 Å². The molecule has 1 aromatic carbocycles. The Hall–Kier alpha value is -1.40. The van der Waals surface area contributed by atoms with Crippen molar-refractivity contribution in [1.29, 1.82) is 0 Å². The molecule has 2 aromatic rings. The summed E-state index contributed by atoms with van der Waals surface area (Å²) in [4.78, 5) is 4.85. The van der Waals surface area contributed by atoms with Crippen molar-refractivity contribution >= 4 is 26.3 Å². The zero-order chi connectivity index (χ0) is 13.5. The summed E-state index contributed by atoms with van der Waals surface area (Å²) in [5, 5.41) is 6.27. The zero-order valence-corrected chi connectivity index (χ0v) is 12.1. The van der Waals surface area contributed by atoms with Crippen LogP contribution in [-0.4, -0.2) is 25.7 Å². The third-order valence-corrected chi connectivity index (χ3v) is 4.89. The molecular formula is C13H14N2O2S2. The highest BCUT2D eigenvalue weighted by Crippen LogP contribution is 2.30. The maximum Gasteiger partial charge on any atom is 0.183 e. The summed E-state index contributed by atoms with van der Waals surface area (Å²) in [5.74, 6) is 0. The molecule has 3 rings (SSSR count). The lowest BCUT2D eigenvalue weighted by Gasteiger charge is -2.00. The molecule has 0 saturated heterocycles. The Kier molecular flexibility index (Phi) is 3.06. The second-order valence-corrected chi connectivity index (χ2v) is 7.63. The van der Waals surface area contributed by atoms with Gasteiger partial charge < -0.3 is 5.32 Å². The van der Waals surface area contributed by atoms with Crippen molar-refractivity contribution in [2.75, 3.05) is 11.6 Å². The van der Waals surface area contributed by atoms with E-state index in [0.29, 0.717) is 10.9 Å². The van der Waals surface area contributed by atoms with Crippen LogP contribution in [0.15, 0.2) is 34.5 Å². The highest BCUT2D eigenvalue weighted by atomic mass is 32.2. The van der Waals surface area contributed by atoms with Gasteiger partial charge in [0.1, 0.15) is 0 Å². The predicted molar refractivity (Wildman–Crippen MR) is 77.3 cm³/mol. The van der Waals surface area contributed by atoms with Crippen LogP contribution in [0.1, 0.15) is 12.8 Å². The van der Waals surface area contributed by atoms with Gasteiger partial charge in [0.15, 0.2) is 15.0 Å². The minimum Gasteiger partial charge on any atom is -0.359 e. The standard InChI is InChI=1S/C13H14N2O2S2/c1-19(16,17)11-6-2-9(3-7-11)12-8-18-13(15-12)14-10-4-5-10/h2-3,6-8,10H,4-5H2,1H3,(H,14,15). The number of nitrogens with zero attached hydrogens (tertiary/aromatic N) is 1. The van der Waals surface area contributed by atoms with Crippen molar-refractivity contribution in [1.82, 2.24) is 4.98 Å². The van der Waals surface area contributed by atoms with Crippen molar-refractivity contribution in [3.8, 4) is 11.3 Å². The molecule has 1 saturated carbocycles. The number of aromatic nitrogens is 1. The SMILES string of the molecule is CS(=O)(=O)c1ccc(-c2csc(NC3CC3)n2)cc1. The maximum absolute atomic E-state index is 11.4. The molecule has 0 spiro atoms. The fourth-order valence-corrected chi connectivity index (χ4v) is 3.18. The summed E-state index contributed by atoms with van der Waals surface area (Å²) in [5.41, 5.74) is 1.82. The monoisotopic (exact) mass is 294 g/mol. The Labute approximate surface area is 116 Å². The van der Waals surface area contributed by atoms with E-state index in [1.165, 1.54) is 19.1 Å². The molecule has 0 radical (unpaired) electrons. The van der Waals surface area contributed by atoms with E-state index in [2.05, 4.69) is 10.3 Å². The number of rotatable bonds is 4. The first kappa shape index (κ1) is 12.6. The molecule has 6 heteroatoms. The van der Waals surface area contributed by atoms with E-state index in [0.717, 1.165) is 16.4 Å². The molecule has 4 nitrogen and oxygen atoms in total. The van der Waals surface area contributed by atoms with E-state index in [-0.39, 0.29) is 0 Å². The van der Waals surface area contributed by atoms with Crippen molar-refractivity contribution in [3.05, 3.63) is 29.6 Å². The Morgan fingerprint density at radius 1 is 1.26 bits per heavy atom. The van der Waals surface area contributed by atoms with Crippen LogP contribution in [0.5, 0.6) is 0 Å². The summed E-state index contributed by atoms with van der Waals surface area (Å²) in [6.45, 7) is 0. The highest BCUT2D eigenvalue weighted by Gasteiger charge is 2.22. The first-order valence-corrected chi connectivity index (χ1v) is 8.82. The van der Waals surface area contributed by atoms with Gasteiger partial charge in [0.25, 0.3) is 0 Å². The Morgan fingerprint density at radius 2 is 1.95 bits per heavy atom. The van der Waals surface area contributed by atoms with E-state index in [1.807, 2.05) is 5.38 Å². The second-order valence-electron chi connectivity index (χ2n) is 4.75. The van der Waals surface area contributed by atoms with Crippen LogP contribution < -0.4 is 5.32 Å². The van der Waals surface area contributed by atoms with Crippen LogP contribution in [0.2, 0.25) is 0 Å². The number of benzene rings is 1. The van der Waals surface area contributed by atoms with Crippen LogP contribution in [0.4, 0.5) is 5.13 Å². The summed E-state index contributed by atoms with van der Waals surface area (Å²) in [7, 11) is -3.13. The average molecular weight is 294 g/mol. The maximum atomic E-state index is 11.4. The highest BCUT2D eigenvalue weighted by molar-refractivity contribution is 7.90. The normalized spacial score (nSPS) is 15.4. The lowest BCUT2D eigenvalue weighted by atomic mass is 10.2. The average Bonchev–Trinajstić information content (AvgIpc) is 3.04. The summed E-state index contributed by atoms with van der Waals surface area (Å²) >= 11 is 1.58. The molecule has 1 aromatic heterocycles. The fraction of sp³-hybridized carbons (Fsp3) is 0.308. The van der Waals surface area contributed by atoms with Gasteiger partial charge in [0.2, 0.25) is 0 Å². The molecular weight excluding hydrogens is 280 g/mol. The number of anilines is 1. The first-order valence-electron chi connectivity index (χ1n) is 6.05. The third kappa shape index (κ3) is 2.96. The largest absolute Gasteiger partial charge is 0.359 e. The molecule has 1 N–H and O–H groups in total. The van der Waals surface area contributed by atoms with Gasteiger partial charge in [-0.1, -0.05) is 12.1 Å². The van der Waals surface area contributed by atoms with Crippen molar-refractivity contribution in [2.45, 2.75) is 23.8 Å². The zero-order valence-electron chi connectivity index (χ0n) is 10.5. The van der Waals surface area contributed by atoms with Gasteiger partial charge in [-0.25, -0.2) is 13.4 Å². The molecule has 0 bridgehead atoms. The fourth-order valence-electron chi connectivity index (χ4n) is 1.75. The third-order valence-electron chi connectivity index (χ3n) is 2.99. The van der Waals surface area contributed by atoms with E-state index in [4.69, 9.17) is 0 Å². The number of thiazole rings is 1. The minimum atomic E-state index is -3.13. The summed E-state index contributed by atoms with van der Waals surface area (Å²) in [6, 6.07) is 7.43. The molecule has 1 aliphatic rings. The first-order chi connectivity index (χ1) is 9.02. The van der Waals surface area contributed by atoms with Gasteiger partial charge in [0.05, 0.1) is 10.6 Å². The predicted octanol–water partition coefficient (Wildman–Crippen LogP) is 2.79. The summed E-state index contributed by atoms with van der Waals surface area (Å²) in [6.07, 6.45) is 3.65. The van der Waals surface area contributed by atoms with E-state index < -0.39 is 9.84 Å². The smallest absolute Gasteiger partial charge is 0.183 e. The van der Waals surface area contributed by atoms with E-state index in [9.17, 15) is 8.42 Å². The van der Waals surface area contributed by atoms with Gasteiger partial charge in [-0.3, -0.25) is 0 Å². The molecule has 0 atom stereocenters. The molecule has 1 aliphatic carbocycles. The van der Waals surface area contributed by atoms with Crippen molar-refractivity contribution in [3.63, 3.8) is 0 Å². The van der Waals surface area contributed by atoms with Crippen LogP contribution in [0.25, 0.3) is 11.3 Å². The van der Waals surface area contributed by atoms with Gasteiger partial charge in [-0.15, -0.1) is 11.3 Å². The van der Waals surface area contributed by atoms with Gasteiger partial charge >= 0.3 is 0 Å². The van der Waals surface area contributed by atoms with Crippen molar-refractivity contribution in [2.24, 2.45) is 0 Å². The summed E-state index contributed by atoms with van der Waals surface area (Å²) < 4.78 is 22.8. The quantitative estimate of drug-likeness (QED) is 0.942. The topological polar surface area (TPSA) is 59.1 Å². The van der Waals surface area contributed by atoms with E-state index in [1.54, 1.807) is 35.6 Å². The Morgan fingerprint density at radius 3 is 2.53 bits per heavy atom. The van der Waals surface area contributed by atoms with E-state index >= 15 is 0 Å². The molecule has 0 aliphatic heterocycles. The lowest BCUT2D eigenvalue weighted by molar-refractivity contribution is 0.602. The van der Waals surface area contributed by atoms with Crippen LogP contribution in [0, 0.1) is 0 Å². The Bertz CT molecular complexity index is 686. The van der Waals surface area contributed by atoms with Gasteiger partial charge in [-0.05, 0) is 25.0 Å². The number of sulfone groups is 1. The number of hydrogen-bond acceptors (Lipinski definition) is 5. The van der Waals surface area contributed by atoms with Gasteiger partial charge in [0, 0.05) is 23.2 Å².